The van der Waals surface area contributed by atoms with Crippen LogP contribution in [0, 0.1) is 5.92 Å². The van der Waals surface area contributed by atoms with Gasteiger partial charge in [-0.3, -0.25) is 4.79 Å². The van der Waals surface area contributed by atoms with Crippen LogP contribution in [0.1, 0.15) is 13.8 Å². The minimum absolute atomic E-state index is 0.126. The van der Waals surface area contributed by atoms with E-state index >= 15 is 0 Å². The maximum Gasteiger partial charge on any atom is 0.329 e. The highest BCUT2D eigenvalue weighted by Gasteiger charge is 2.26. The standard InChI is InChI=1S/C19H21ClN4O4/c1-12(2)16(24-19(27)22-13-7-4-3-5-8-13)18(26)28-11-15(25)23-14-9-6-10-21-17(14)20/h3-10,12,16H,11H2,1-2H3,(H,23,25)(H2,22,24,27)/t16-/m0/s1. The van der Waals surface area contributed by atoms with E-state index in [1.165, 1.54) is 6.20 Å². The Labute approximate surface area is 167 Å². The predicted octanol–water partition coefficient (Wildman–Crippen LogP) is 3.06. The van der Waals surface area contributed by atoms with Crippen LogP contribution in [0.5, 0.6) is 0 Å². The lowest BCUT2D eigenvalue weighted by Crippen LogP contribution is -2.47. The summed E-state index contributed by atoms with van der Waals surface area (Å²) >= 11 is 5.86. The summed E-state index contributed by atoms with van der Waals surface area (Å²) in [4.78, 5) is 40.2. The van der Waals surface area contributed by atoms with E-state index < -0.39 is 30.6 Å². The predicted molar refractivity (Wildman–Crippen MR) is 106 cm³/mol. The number of amides is 3. The van der Waals surface area contributed by atoms with Gasteiger partial charge >= 0.3 is 12.0 Å². The van der Waals surface area contributed by atoms with Crippen LogP contribution in [0.25, 0.3) is 0 Å². The molecule has 2 aromatic rings. The Kier molecular flexibility index (Phi) is 7.76. The molecule has 0 saturated heterocycles. The number of para-hydroxylation sites is 1. The highest BCUT2D eigenvalue weighted by atomic mass is 35.5. The molecule has 28 heavy (non-hydrogen) atoms. The molecule has 0 aliphatic carbocycles. The van der Waals surface area contributed by atoms with E-state index in [0.29, 0.717) is 11.4 Å². The molecule has 8 nitrogen and oxygen atoms in total. The molecule has 0 saturated carbocycles. The Bertz CT molecular complexity index is 830. The summed E-state index contributed by atoms with van der Waals surface area (Å²) in [5.74, 6) is -1.53. The van der Waals surface area contributed by atoms with Crippen molar-refractivity contribution in [2.75, 3.05) is 17.2 Å². The lowest BCUT2D eigenvalue weighted by molar-refractivity contribution is -0.150. The average molecular weight is 405 g/mol. The maximum absolute atomic E-state index is 12.3. The Morgan fingerprint density at radius 2 is 1.79 bits per heavy atom. The molecular weight excluding hydrogens is 384 g/mol. The molecule has 3 N–H and O–H groups in total. The van der Waals surface area contributed by atoms with E-state index in [-0.39, 0.29) is 11.1 Å². The van der Waals surface area contributed by atoms with Gasteiger partial charge in [-0.1, -0.05) is 43.6 Å². The first-order valence-corrected chi connectivity index (χ1v) is 8.94. The molecule has 1 aromatic carbocycles. The number of nitrogens with zero attached hydrogens (tertiary/aromatic N) is 1. The summed E-state index contributed by atoms with van der Waals surface area (Å²) in [5.41, 5.74) is 0.898. The molecule has 0 spiro atoms. The van der Waals surface area contributed by atoms with Crippen molar-refractivity contribution >= 4 is 40.9 Å². The molecule has 1 aromatic heterocycles. The molecule has 1 atom stereocenters. The van der Waals surface area contributed by atoms with E-state index in [1.54, 1.807) is 50.2 Å². The number of aromatic nitrogens is 1. The van der Waals surface area contributed by atoms with Crippen LogP contribution in [-0.4, -0.2) is 35.5 Å². The molecule has 0 aliphatic heterocycles. The van der Waals surface area contributed by atoms with Crippen LogP contribution < -0.4 is 16.0 Å². The van der Waals surface area contributed by atoms with E-state index in [0.717, 1.165) is 0 Å². The molecule has 3 amide bonds. The molecule has 0 unspecified atom stereocenters. The summed E-state index contributed by atoms with van der Waals surface area (Å²) in [6.07, 6.45) is 1.48. The number of nitrogens with one attached hydrogen (secondary N) is 3. The van der Waals surface area contributed by atoms with Gasteiger partial charge in [-0.25, -0.2) is 14.6 Å². The third-order valence-corrected chi connectivity index (χ3v) is 3.92. The smallest absolute Gasteiger partial charge is 0.329 e. The van der Waals surface area contributed by atoms with Crippen molar-refractivity contribution in [2.24, 2.45) is 5.92 Å². The number of carbonyl (C=O) groups is 3. The van der Waals surface area contributed by atoms with Crippen molar-refractivity contribution in [3.8, 4) is 0 Å². The number of hydrogen-bond donors (Lipinski definition) is 3. The average Bonchev–Trinajstić information content (AvgIpc) is 2.66. The highest BCUT2D eigenvalue weighted by Crippen LogP contribution is 2.17. The number of pyridine rings is 1. The van der Waals surface area contributed by atoms with Gasteiger partial charge in [-0.05, 0) is 30.2 Å². The second-order valence-corrected chi connectivity index (χ2v) is 6.54. The fraction of sp³-hybridized carbons (Fsp3) is 0.263. The van der Waals surface area contributed by atoms with Crippen LogP contribution in [-0.2, 0) is 14.3 Å². The number of halogens is 1. The number of rotatable bonds is 7. The van der Waals surface area contributed by atoms with Crippen LogP contribution >= 0.6 is 11.6 Å². The monoisotopic (exact) mass is 404 g/mol. The minimum Gasteiger partial charge on any atom is -0.454 e. The Hall–Kier alpha value is -3.13. The van der Waals surface area contributed by atoms with Gasteiger partial charge in [0.2, 0.25) is 0 Å². The zero-order valence-corrected chi connectivity index (χ0v) is 16.2. The Balaban J connectivity index is 1.87. The highest BCUT2D eigenvalue weighted by molar-refractivity contribution is 6.32. The van der Waals surface area contributed by atoms with Gasteiger partial charge < -0.3 is 20.7 Å². The lowest BCUT2D eigenvalue weighted by atomic mass is 10.1. The van der Waals surface area contributed by atoms with Crippen molar-refractivity contribution in [3.63, 3.8) is 0 Å². The molecule has 1 heterocycles. The number of carbonyl (C=O) groups excluding carboxylic acids is 3. The maximum atomic E-state index is 12.3. The number of anilines is 2. The fourth-order valence-electron chi connectivity index (χ4n) is 2.22. The van der Waals surface area contributed by atoms with Crippen LogP contribution in [0.2, 0.25) is 5.15 Å². The number of hydrogen-bond acceptors (Lipinski definition) is 5. The van der Waals surface area contributed by atoms with E-state index in [1.807, 2.05) is 6.07 Å². The Morgan fingerprint density at radius 3 is 2.43 bits per heavy atom. The van der Waals surface area contributed by atoms with Gasteiger partial charge in [0, 0.05) is 11.9 Å². The van der Waals surface area contributed by atoms with Crippen molar-refractivity contribution < 1.29 is 19.1 Å². The van der Waals surface area contributed by atoms with Gasteiger partial charge in [0.25, 0.3) is 5.91 Å². The van der Waals surface area contributed by atoms with Gasteiger partial charge in [-0.2, -0.15) is 0 Å². The largest absolute Gasteiger partial charge is 0.454 e. The second kappa shape index (κ2) is 10.3. The number of benzene rings is 1. The summed E-state index contributed by atoms with van der Waals surface area (Å²) in [6, 6.07) is 10.5. The van der Waals surface area contributed by atoms with E-state index in [9.17, 15) is 14.4 Å². The van der Waals surface area contributed by atoms with Crippen molar-refractivity contribution in [1.82, 2.24) is 10.3 Å². The lowest BCUT2D eigenvalue weighted by Gasteiger charge is -2.21. The van der Waals surface area contributed by atoms with Crippen LogP contribution in [0.15, 0.2) is 48.7 Å². The SMILES string of the molecule is CC(C)[C@H](NC(=O)Nc1ccccc1)C(=O)OCC(=O)Nc1cccnc1Cl. The summed E-state index contributed by atoms with van der Waals surface area (Å²) in [5, 5.41) is 7.81. The van der Waals surface area contributed by atoms with Crippen LogP contribution in [0.4, 0.5) is 16.2 Å². The molecule has 0 fully saturated rings. The molecule has 2 rings (SSSR count). The minimum atomic E-state index is -0.918. The second-order valence-electron chi connectivity index (χ2n) is 6.18. The van der Waals surface area contributed by atoms with Crippen LogP contribution in [0.3, 0.4) is 0 Å². The summed E-state index contributed by atoms with van der Waals surface area (Å²) in [6.45, 7) is 2.99. The number of urea groups is 1. The molecule has 0 bridgehead atoms. The van der Waals surface area contributed by atoms with Crippen molar-refractivity contribution in [3.05, 3.63) is 53.8 Å². The summed E-state index contributed by atoms with van der Waals surface area (Å²) in [7, 11) is 0. The third-order valence-electron chi connectivity index (χ3n) is 3.62. The van der Waals surface area contributed by atoms with Gasteiger partial charge in [0.05, 0.1) is 5.69 Å². The van der Waals surface area contributed by atoms with Crippen molar-refractivity contribution in [2.45, 2.75) is 19.9 Å². The Morgan fingerprint density at radius 1 is 1.07 bits per heavy atom. The first-order chi connectivity index (χ1) is 13.4. The van der Waals surface area contributed by atoms with Gasteiger partial charge in [0.1, 0.15) is 6.04 Å². The fourth-order valence-corrected chi connectivity index (χ4v) is 2.39. The molecule has 9 heteroatoms. The number of ether oxygens (including phenoxy) is 1. The first kappa shape index (κ1) is 21.2. The number of esters is 1. The first-order valence-electron chi connectivity index (χ1n) is 8.56. The summed E-state index contributed by atoms with van der Waals surface area (Å²) < 4.78 is 5.03. The van der Waals surface area contributed by atoms with Gasteiger partial charge in [0.15, 0.2) is 11.8 Å². The molecule has 0 radical (unpaired) electrons. The van der Waals surface area contributed by atoms with E-state index in [2.05, 4.69) is 20.9 Å². The zero-order valence-electron chi connectivity index (χ0n) is 15.4. The normalized spacial score (nSPS) is 11.4. The third kappa shape index (κ3) is 6.55. The molecule has 0 aliphatic rings. The molecule has 148 valence electrons. The quantitative estimate of drug-likeness (QED) is 0.485. The topological polar surface area (TPSA) is 109 Å². The van der Waals surface area contributed by atoms with E-state index in [4.69, 9.17) is 16.3 Å². The zero-order chi connectivity index (χ0) is 20.5. The van der Waals surface area contributed by atoms with Gasteiger partial charge in [-0.15, -0.1) is 0 Å². The molecular formula is C19H21ClN4O4. The van der Waals surface area contributed by atoms with Crippen molar-refractivity contribution in [1.29, 1.82) is 0 Å².